The summed E-state index contributed by atoms with van der Waals surface area (Å²) in [6.45, 7) is 0.967. The summed E-state index contributed by atoms with van der Waals surface area (Å²) in [5.41, 5.74) is 1.42. The van der Waals surface area contributed by atoms with Gasteiger partial charge in [0.2, 0.25) is 5.89 Å². The van der Waals surface area contributed by atoms with Gasteiger partial charge in [-0.05, 0) is 48.4 Å². The van der Waals surface area contributed by atoms with Gasteiger partial charge in [0.05, 0.1) is 11.0 Å². The van der Waals surface area contributed by atoms with Crippen LogP contribution < -0.4 is 5.32 Å². The van der Waals surface area contributed by atoms with Crippen LogP contribution in [-0.2, 0) is 17.3 Å². The van der Waals surface area contributed by atoms with E-state index in [1.165, 1.54) is 23.8 Å². The van der Waals surface area contributed by atoms with E-state index in [2.05, 4.69) is 10.3 Å². The Morgan fingerprint density at radius 3 is 2.73 bits per heavy atom. The Morgan fingerprint density at radius 1 is 1.21 bits per heavy atom. The fourth-order valence-electron chi connectivity index (χ4n) is 3.58. The maximum Gasteiger partial charge on any atom is 0.358 e. The molecule has 0 saturated carbocycles. The van der Waals surface area contributed by atoms with Gasteiger partial charge in [-0.25, -0.2) is 4.98 Å². The number of thiophene rings is 1. The summed E-state index contributed by atoms with van der Waals surface area (Å²) in [5.74, 6) is -4.93. The predicted molar refractivity (Wildman–Crippen MR) is 118 cm³/mol. The van der Waals surface area contributed by atoms with Crippen LogP contribution in [0.1, 0.15) is 40.2 Å². The number of hydrogen-bond acceptors (Lipinski definition) is 6. The third-order valence-electron chi connectivity index (χ3n) is 5.48. The molecule has 0 radical (unpaired) electrons. The minimum atomic E-state index is -3.58. The number of halogens is 2. The summed E-state index contributed by atoms with van der Waals surface area (Å²) in [6.07, 6.45) is 2.86. The van der Waals surface area contributed by atoms with Gasteiger partial charge in [-0.15, -0.1) is 11.3 Å². The second-order valence-corrected chi connectivity index (χ2v) is 8.79. The average molecular weight is 476 g/mol. The molecule has 2 N–H and O–H groups in total. The number of alkyl halides is 2. The van der Waals surface area contributed by atoms with Gasteiger partial charge in [-0.1, -0.05) is 18.2 Å². The third kappa shape index (κ3) is 5.28. The average Bonchev–Trinajstić information content (AvgIpc) is 3.49. The normalized spacial score (nSPS) is 16.9. The summed E-state index contributed by atoms with van der Waals surface area (Å²) in [4.78, 5) is 30.3. The molecule has 1 fully saturated rings. The van der Waals surface area contributed by atoms with Crippen molar-refractivity contribution in [2.45, 2.75) is 37.8 Å². The maximum atomic E-state index is 14.1. The topological polar surface area (TPSA) is 95.7 Å². The standard InChI is InChI=1S/C23H23F2N3O4S/c24-23(25,19-4-2-12-33-19)22(31)26-13-15-5-7-16(8-6-15)20-27-18(14-32-20)21(30)28-10-1-3-17(29)9-11-28/h2,4-8,12,14,17,29H,1,3,9-11,13H2,(H,26,31). The van der Waals surface area contributed by atoms with E-state index in [0.29, 0.717) is 37.1 Å². The van der Waals surface area contributed by atoms with Gasteiger partial charge in [0.25, 0.3) is 11.8 Å². The van der Waals surface area contributed by atoms with Crippen LogP contribution in [-0.4, -0.2) is 46.0 Å². The molecule has 1 unspecified atom stereocenters. The number of likely N-dealkylation sites (tertiary alicyclic amines) is 1. The quantitative estimate of drug-likeness (QED) is 0.566. The van der Waals surface area contributed by atoms with Gasteiger partial charge < -0.3 is 19.7 Å². The predicted octanol–water partition coefficient (Wildman–Crippen LogP) is 3.80. The van der Waals surface area contributed by atoms with Crippen molar-refractivity contribution in [3.8, 4) is 11.5 Å². The van der Waals surface area contributed by atoms with Gasteiger partial charge in [0.1, 0.15) is 6.26 Å². The van der Waals surface area contributed by atoms with Crippen LogP contribution in [0.25, 0.3) is 11.5 Å². The van der Waals surface area contributed by atoms with Crippen molar-refractivity contribution >= 4 is 23.2 Å². The van der Waals surface area contributed by atoms with Crippen molar-refractivity contribution < 1.29 is 27.9 Å². The minimum absolute atomic E-state index is 0.0593. The van der Waals surface area contributed by atoms with E-state index in [4.69, 9.17) is 4.42 Å². The van der Waals surface area contributed by atoms with Gasteiger partial charge in [0.15, 0.2) is 5.69 Å². The monoisotopic (exact) mass is 475 g/mol. The minimum Gasteiger partial charge on any atom is -0.444 e. The molecule has 0 bridgehead atoms. The largest absolute Gasteiger partial charge is 0.444 e. The Labute approximate surface area is 193 Å². The lowest BCUT2D eigenvalue weighted by Gasteiger charge is -2.18. The number of oxazole rings is 1. The zero-order valence-electron chi connectivity index (χ0n) is 17.7. The number of rotatable bonds is 6. The first kappa shape index (κ1) is 23.1. The molecule has 1 aliphatic heterocycles. The fourth-order valence-corrected chi connectivity index (χ4v) is 4.28. The van der Waals surface area contributed by atoms with Crippen LogP contribution in [0.2, 0.25) is 0 Å². The van der Waals surface area contributed by atoms with E-state index in [1.807, 2.05) is 0 Å². The molecule has 1 aliphatic rings. The second-order valence-electron chi connectivity index (χ2n) is 7.85. The number of amides is 2. The van der Waals surface area contributed by atoms with Crippen LogP contribution in [0.5, 0.6) is 0 Å². The Kier molecular flexibility index (Phi) is 6.85. The van der Waals surface area contributed by atoms with Gasteiger partial charge >= 0.3 is 5.92 Å². The van der Waals surface area contributed by atoms with Crippen molar-refractivity contribution in [2.75, 3.05) is 13.1 Å². The lowest BCUT2D eigenvalue weighted by Crippen LogP contribution is -2.37. The third-order valence-corrected chi connectivity index (χ3v) is 6.42. The Balaban J connectivity index is 1.36. The number of aromatic nitrogens is 1. The first-order valence-electron chi connectivity index (χ1n) is 10.6. The summed E-state index contributed by atoms with van der Waals surface area (Å²) < 4.78 is 33.8. The molecular formula is C23H23F2N3O4S. The molecule has 1 aromatic carbocycles. The van der Waals surface area contributed by atoms with Crippen molar-refractivity contribution in [3.05, 3.63) is 64.2 Å². The number of nitrogens with one attached hydrogen (secondary N) is 1. The SMILES string of the molecule is O=C(c1coc(-c2ccc(CNC(=O)C(F)(F)c3cccs3)cc2)n1)N1CCCC(O)CC1. The molecule has 1 atom stereocenters. The molecule has 3 aromatic rings. The van der Waals surface area contributed by atoms with E-state index in [0.717, 1.165) is 17.8 Å². The molecule has 4 rings (SSSR count). The smallest absolute Gasteiger partial charge is 0.358 e. The molecule has 33 heavy (non-hydrogen) atoms. The molecule has 3 heterocycles. The molecule has 7 nitrogen and oxygen atoms in total. The highest BCUT2D eigenvalue weighted by Gasteiger charge is 2.41. The number of nitrogens with zero attached hydrogens (tertiary/aromatic N) is 2. The van der Waals surface area contributed by atoms with Crippen molar-refractivity contribution in [1.29, 1.82) is 0 Å². The number of carbonyl (C=O) groups is 2. The summed E-state index contributed by atoms with van der Waals surface area (Å²) in [6, 6.07) is 9.40. The van der Waals surface area contributed by atoms with E-state index < -0.39 is 11.8 Å². The van der Waals surface area contributed by atoms with E-state index in [1.54, 1.807) is 29.2 Å². The van der Waals surface area contributed by atoms with E-state index >= 15 is 0 Å². The van der Waals surface area contributed by atoms with Crippen LogP contribution in [0.4, 0.5) is 8.78 Å². The zero-order chi connectivity index (χ0) is 23.4. The van der Waals surface area contributed by atoms with Crippen LogP contribution in [0, 0.1) is 0 Å². The van der Waals surface area contributed by atoms with Crippen LogP contribution in [0.15, 0.2) is 52.5 Å². The number of carbonyl (C=O) groups excluding carboxylic acids is 2. The molecule has 2 aromatic heterocycles. The molecular weight excluding hydrogens is 452 g/mol. The highest BCUT2D eigenvalue weighted by Crippen LogP contribution is 2.31. The number of hydrogen-bond donors (Lipinski definition) is 2. The van der Waals surface area contributed by atoms with Crippen LogP contribution in [0.3, 0.4) is 0 Å². The van der Waals surface area contributed by atoms with Crippen LogP contribution >= 0.6 is 11.3 Å². The Bertz CT molecular complexity index is 1100. The van der Waals surface area contributed by atoms with Gasteiger partial charge in [-0.3, -0.25) is 9.59 Å². The Morgan fingerprint density at radius 2 is 2.00 bits per heavy atom. The number of aliphatic hydroxyl groups is 1. The number of aliphatic hydroxyl groups excluding tert-OH is 1. The summed E-state index contributed by atoms with van der Waals surface area (Å²) >= 11 is 0.827. The molecule has 0 spiro atoms. The lowest BCUT2D eigenvalue weighted by molar-refractivity contribution is -0.146. The van der Waals surface area contributed by atoms with E-state index in [9.17, 15) is 23.5 Å². The van der Waals surface area contributed by atoms with Crippen molar-refractivity contribution in [2.24, 2.45) is 0 Å². The lowest BCUT2D eigenvalue weighted by atomic mass is 10.1. The first-order chi connectivity index (χ1) is 15.8. The van der Waals surface area contributed by atoms with Crippen molar-refractivity contribution in [1.82, 2.24) is 15.2 Å². The highest BCUT2D eigenvalue weighted by atomic mass is 32.1. The molecule has 0 aliphatic carbocycles. The summed E-state index contributed by atoms with van der Waals surface area (Å²) in [5, 5.41) is 13.5. The van der Waals surface area contributed by atoms with Gasteiger partial charge in [0, 0.05) is 25.2 Å². The van der Waals surface area contributed by atoms with Gasteiger partial charge in [-0.2, -0.15) is 8.78 Å². The molecule has 174 valence electrons. The summed E-state index contributed by atoms with van der Waals surface area (Å²) in [7, 11) is 0. The maximum absolute atomic E-state index is 14.1. The van der Waals surface area contributed by atoms with Crippen molar-refractivity contribution in [3.63, 3.8) is 0 Å². The highest BCUT2D eigenvalue weighted by molar-refractivity contribution is 7.10. The second kappa shape index (κ2) is 9.80. The van der Waals surface area contributed by atoms with E-state index in [-0.39, 0.29) is 35.0 Å². The zero-order valence-corrected chi connectivity index (χ0v) is 18.5. The molecule has 2 amide bonds. The molecule has 1 saturated heterocycles. The number of benzene rings is 1. The first-order valence-corrected chi connectivity index (χ1v) is 11.4. The molecule has 10 heteroatoms. The fraction of sp³-hybridized carbons (Fsp3) is 0.348. The Hall–Kier alpha value is -3.11.